The van der Waals surface area contributed by atoms with Crippen molar-refractivity contribution >= 4 is 28.7 Å². The predicted octanol–water partition coefficient (Wildman–Crippen LogP) is 4.56. The number of nitrogens with zero attached hydrogens (tertiary/aromatic N) is 5. The minimum absolute atomic E-state index is 0.0525. The number of piperidine rings is 1. The normalized spacial score (nSPS) is 17.0. The summed E-state index contributed by atoms with van der Waals surface area (Å²) in [5.74, 6) is 1.64. The van der Waals surface area contributed by atoms with E-state index in [1.165, 1.54) is 0 Å². The van der Waals surface area contributed by atoms with Gasteiger partial charge in [-0.05, 0) is 56.0 Å². The van der Waals surface area contributed by atoms with Crippen LogP contribution in [0.5, 0.6) is 0 Å². The van der Waals surface area contributed by atoms with Gasteiger partial charge in [-0.15, -0.1) is 0 Å². The summed E-state index contributed by atoms with van der Waals surface area (Å²) in [5, 5.41) is 6.45. The fourth-order valence-corrected chi connectivity index (χ4v) is 4.34. The lowest BCUT2D eigenvalue weighted by atomic mass is 9.92. The summed E-state index contributed by atoms with van der Waals surface area (Å²) in [6, 6.07) is 19.5. The zero-order valence-corrected chi connectivity index (χ0v) is 18.6. The van der Waals surface area contributed by atoms with Gasteiger partial charge in [-0.2, -0.15) is 4.98 Å². The van der Waals surface area contributed by atoms with Crippen LogP contribution < -0.4 is 10.6 Å². The lowest BCUT2D eigenvalue weighted by Gasteiger charge is -2.36. The average molecular weight is 442 g/mol. The van der Waals surface area contributed by atoms with E-state index < -0.39 is 0 Å². The number of amides is 2. The van der Waals surface area contributed by atoms with Gasteiger partial charge in [0, 0.05) is 31.0 Å². The van der Waals surface area contributed by atoms with Crippen molar-refractivity contribution < 1.29 is 4.79 Å². The second kappa shape index (κ2) is 9.28. The van der Waals surface area contributed by atoms with E-state index in [9.17, 15) is 4.79 Å². The molecule has 8 nitrogen and oxygen atoms in total. The van der Waals surface area contributed by atoms with E-state index in [4.69, 9.17) is 4.98 Å². The van der Waals surface area contributed by atoms with Crippen molar-refractivity contribution in [1.82, 2.24) is 24.4 Å². The van der Waals surface area contributed by atoms with E-state index in [2.05, 4.69) is 27.5 Å². The number of para-hydroxylation sites is 3. The molecule has 0 aliphatic carbocycles. The highest BCUT2D eigenvalue weighted by atomic mass is 16.2. The first-order valence-electron chi connectivity index (χ1n) is 11.3. The van der Waals surface area contributed by atoms with Crippen LogP contribution in [-0.2, 0) is 0 Å². The van der Waals surface area contributed by atoms with Crippen LogP contribution in [-0.4, -0.2) is 49.6 Å². The number of imidazole rings is 1. The van der Waals surface area contributed by atoms with E-state index in [0.29, 0.717) is 18.4 Å². The number of carbonyl (C=O) groups is 1. The summed E-state index contributed by atoms with van der Waals surface area (Å²) in [6.07, 6.45) is 5.56. The monoisotopic (exact) mass is 441 g/mol. The van der Waals surface area contributed by atoms with Crippen molar-refractivity contribution in [2.45, 2.75) is 25.8 Å². The Hall–Kier alpha value is -3.94. The van der Waals surface area contributed by atoms with E-state index in [0.717, 1.165) is 41.9 Å². The number of likely N-dealkylation sites (tertiary alicyclic amines) is 1. The third-order valence-electron chi connectivity index (χ3n) is 6.18. The van der Waals surface area contributed by atoms with Gasteiger partial charge in [-0.25, -0.2) is 14.8 Å². The summed E-state index contributed by atoms with van der Waals surface area (Å²) in [5.41, 5.74) is 2.74. The predicted molar refractivity (Wildman–Crippen MR) is 130 cm³/mol. The maximum Gasteiger partial charge on any atom is 0.321 e. The number of hydrogen-bond donors (Lipinski definition) is 2. The Morgan fingerprint density at radius 2 is 1.88 bits per heavy atom. The molecule has 1 saturated heterocycles. The molecule has 2 aromatic carbocycles. The average Bonchev–Trinajstić information content (AvgIpc) is 3.29. The van der Waals surface area contributed by atoms with Gasteiger partial charge >= 0.3 is 6.03 Å². The molecule has 33 heavy (non-hydrogen) atoms. The van der Waals surface area contributed by atoms with Crippen LogP contribution in [0, 0.1) is 5.92 Å². The molecule has 1 aliphatic rings. The molecule has 1 aliphatic heterocycles. The molecule has 1 fully saturated rings. The number of benzene rings is 2. The van der Waals surface area contributed by atoms with Crippen molar-refractivity contribution in [3.05, 3.63) is 73.2 Å². The Bertz CT molecular complexity index is 1240. The fourth-order valence-electron chi connectivity index (χ4n) is 4.34. The van der Waals surface area contributed by atoms with Crippen LogP contribution >= 0.6 is 0 Å². The lowest BCUT2D eigenvalue weighted by Crippen LogP contribution is -2.46. The molecule has 2 amide bonds. The van der Waals surface area contributed by atoms with Gasteiger partial charge in [-0.3, -0.25) is 4.57 Å². The first-order chi connectivity index (χ1) is 16.2. The molecule has 5 rings (SSSR count). The maximum absolute atomic E-state index is 12.7. The van der Waals surface area contributed by atoms with E-state index in [-0.39, 0.29) is 12.1 Å². The number of anilines is 2. The highest BCUT2D eigenvalue weighted by Crippen LogP contribution is 2.23. The van der Waals surface area contributed by atoms with E-state index >= 15 is 0 Å². The molecule has 2 atom stereocenters. The highest BCUT2D eigenvalue weighted by molar-refractivity contribution is 5.89. The SMILES string of the molecule is CC(Nc1nccc(-n2cnc3ccccc32)n1)C1CCCN(C(=O)Nc2ccccc2)C1. The van der Waals surface area contributed by atoms with Gasteiger partial charge in [0.2, 0.25) is 5.95 Å². The molecule has 2 N–H and O–H groups in total. The van der Waals surface area contributed by atoms with Crippen LogP contribution in [0.3, 0.4) is 0 Å². The smallest absolute Gasteiger partial charge is 0.321 e. The fraction of sp³-hybridized carbons (Fsp3) is 0.280. The van der Waals surface area contributed by atoms with Crippen molar-refractivity contribution in [2.75, 3.05) is 23.7 Å². The Kier molecular flexibility index (Phi) is 5.89. The molecule has 8 heteroatoms. The van der Waals surface area contributed by atoms with Gasteiger partial charge in [0.1, 0.15) is 12.1 Å². The molecule has 0 bridgehead atoms. The minimum Gasteiger partial charge on any atom is -0.351 e. The van der Waals surface area contributed by atoms with Crippen LogP contribution in [0.4, 0.5) is 16.4 Å². The molecule has 4 aromatic rings. The number of rotatable bonds is 5. The van der Waals surface area contributed by atoms with Crippen molar-refractivity contribution in [2.24, 2.45) is 5.92 Å². The minimum atomic E-state index is -0.0525. The van der Waals surface area contributed by atoms with Crippen LogP contribution in [0.15, 0.2) is 73.2 Å². The van der Waals surface area contributed by atoms with E-state index in [1.54, 1.807) is 12.5 Å². The number of hydrogen-bond acceptors (Lipinski definition) is 5. The van der Waals surface area contributed by atoms with Gasteiger partial charge in [-0.1, -0.05) is 30.3 Å². The van der Waals surface area contributed by atoms with Gasteiger partial charge < -0.3 is 15.5 Å². The molecule has 168 valence electrons. The van der Waals surface area contributed by atoms with Crippen LogP contribution in [0.2, 0.25) is 0 Å². The second-order valence-electron chi connectivity index (χ2n) is 8.42. The molecule has 0 radical (unpaired) electrons. The van der Waals surface area contributed by atoms with Crippen molar-refractivity contribution in [3.8, 4) is 5.82 Å². The second-order valence-corrected chi connectivity index (χ2v) is 8.42. The zero-order valence-electron chi connectivity index (χ0n) is 18.6. The molecule has 0 spiro atoms. The molecular formula is C25H27N7O. The van der Waals surface area contributed by atoms with Gasteiger partial charge in [0.25, 0.3) is 0 Å². The van der Waals surface area contributed by atoms with E-state index in [1.807, 2.05) is 70.1 Å². The standard InChI is InChI=1S/C25H27N7O/c1-18(19-8-7-15-31(16-19)25(33)29-20-9-3-2-4-10-20)28-24-26-14-13-23(30-24)32-17-27-21-11-5-6-12-22(21)32/h2-6,9-14,17-19H,7-8,15-16H2,1H3,(H,29,33)(H,26,28,30). The zero-order chi connectivity index (χ0) is 22.6. The van der Waals surface area contributed by atoms with Gasteiger partial charge in [0.05, 0.1) is 11.0 Å². The number of urea groups is 1. The van der Waals surface area contributed by atoms with Crippen molar-refractivity contribution in [1.29, 1.82) is 0 Å². The summed E-state index contributed by atoms with van der Waals surface area (Å²) in [4.78, 5) is 28.2. The van der Waals surface area contributed by atoms with Crippen LogP contribution in [0.25, 0.3) is 16.9 Å². The quantitative estimate of drug-likeness (QED) is 0.474. The van der Waals surface area contributed by atoms with Gasteiger partial charge in [0.15, 0.2) is 0 Å². The Morgan fingerprint density at radius 3 is 2.76 bits per heavy atom. The molecule has 3 heterocycles. The number of carbonyl (C=O) groups excluding carboxylic acids is 1. The Morgan fingerprint density at radius 1 is 1.06 bits per heavy atom. The van der Waals surface area contributed by atoms with Crippen molar-refractivity contribution in [3.63, 3.8) is 0 Å². The summed E-state index contributed by atoms with van der Waals surface area (Å²) in [7, 11) is 0. The highest BCUT2D eigenvalue weighted by Gasteiger charge is 2.28. The molecule has 2 aromatic heterocycles. The first-order valence-corrected chi connectivity index (χ1v) is 11.3. The molecule has 0 saturated carbocycles. The Labute approximate surface area is 192 Å². The topological polar surface area (TPSA) is 88.0 Å². The molecular weight excluding hydrogens is 414 g/mol. The third kappa shape index (κ3) is 4.64. The first kappa shape index (κ1) is 20.9. The maximum atomic E-state index is 12.7. The Balaban J connectivity index is 1.25. The summed E-state index contributed by atoms with van der Waals surface area (Å²) < 4.78 is 1.96. The number of fused-ring (bicyclic) bond motifs is 1. The number of aromatic nitrogens is 4. The van der Waals surface area contributed by atoms with Crippen LogP contribution in [0.1, 0.15) is 19.8 Å². The summed E-state index contributed by atoms with van der Waals surface area (Å²) in [6.45, 7) is 3.59. The molecule has 2 unspecified atom stereocenters. The lowest BCUT2D eigenvalue weighted by molar-refractivity contribution is 0.172. The summed E-state index contributed by atoms with van der Waals surface area (Å²) >= 11 is 0. The third-order valence-corrected chi connectivity index (χ3v) is 6.18. The largest absolute Gasteiger partial charge is 0.351 e. The number of nitrogens with one attached hydrogen (secondary N) is 2.